The summed E-state index contributed by atoms with van der Waals surface area (Å²) in [6.07, 6.45) is 0.302. The smallest absolute Gasteiger partial charge is 0.223 e. The van der Waals surface area contributed by atoms with Gasteiger partial charge in [0.15, 0.2) is 5.82 Å². The van der Waals surface area contributed by atoms with Gasteiger partial charge in [0, 0.05) is 19.4 Å². The van der Waals surface area contributed by atoms with Crippen LogP contribution in [0.15, 0.2) is 4.52 Å². The van der Waals surface area contributed by atoms with Gasteiger partial charge in [0.1, 0.15) is 0 Å². The summed E-state index contributed by atoms with van der Waals surface area (Å²) in [7, 11) is 0. The van der Waals surface area contributed by atoms with Crippen LogP contribution in [0.5, 0.6) is 0 Å². The van der Waals surface area contributed by atoms with Gasteiger partial charge in [-0.2, -0.15) is 4.98 Å². The molecule has 0 saturated heterocycles. The first-order valence-electron chi connectivity index (χ1n) is 4.39. The fourth-order valence-corrected chi connectivity index (χ4v) is 1.05. The molecular weight excluding hydrogens is 184 g/mol. The Labute approximate surface area is 81.9 Å². The predicted octanol–water partition coefficient (Wildman–Crippen LogP) is -0.268. The fourth-order valence-electron chi connectivity index (χ4n) is 1.05. The highest BCUT2D eigenvalue weighted by Crippen LogP contribution is 1.96. The molecule has 6 nitrogen and oxygen atoms in total. The minimum absolute atomic E-state index is 0.0197. The Morgan fingerprint density at radius 3 is 2.93 bits per heavy atom. The zero-order chi connectivity index (χ0) is 10.6. The van der Waals surface area contributed by atoms with Gasteiger partial charge in [-0.05, 0) is 6.92 Å². The molecule has 1 aromatic heterocycles. The first-order chi connectivity index (χ1) is 6.58. The Hall–Kier alpha value is -1.43. The lowest BCUT2D eigenvalue weighted by atomic mass is 10.2. The summed E-state index contributed by atoms with van der Waals surface area (Å²) in [5, 5.41) is 6.76. The minimum Gasteiger partial charge on any atom is -0.370 e. The van der Waals surface area contributed by atoms with Crippen LogP contribution in [0.1, 0.15) is 25.1 Å². The number of nitrogens with two attached hydrogens (primary N) is 1. The number of aromatic nitrogens is 2. The van der Waals surface area contributed by atoms with Gasteiger partial charge in [-0.1, -0.05) is 5.16 Å². The van der Waals surface area contributed by atoms with E-state index < -0.39 is 0 Å². The van der Waals surface area contributed by atoms with E-state index in [4.69, 9.17) is 10.3 Å². The average molecular weight is 198 g/mol. The summed E-state index contributed by atoms with van der Waals surface area (Å²) >= 11 is 0. The Morgan fingerprint density at radius 2 is 2.43 bits per heavy atom. The number of hydrogen-bond acceptors (Lipinski definition) is 5. The molecule has 0 aliphatic rings. The number of carbonyl (C=O) groups is 1. The van der Waals surface area contributed by atoms with Gasteiger partial charge in [-0.3, -0.25) is 4.79 Å². The van der Waals surface area contributed by atoms with Gasteiger partial charge in [0.2, 0.25) is 11.8 Å². The largest absolute Gasteiger partial charge is 0.370 e. The maximum Gasteiger partial charge on any atom is 0.223 e. The van der Waals surface area contributed by atoms with E-state index in [2.05, 4.69) is 15.5 Å². The highest BCUT2D eigenvalue weighted by molar-refractivity contribution is 5.74. The van der Waals surface area contributed by atoms with Crippen molar-refractivity contribution in [3.8, 4) is 0 Å². The van der Waals surface area contributed by atoms with Crippen LogP contribution in [-0.4, -0.2) is 22.1 Å². The Morgan fingerprint density at radius 1 is 1.71 bits per heavy atom. The van der Waals surface area contributed by atoms with Crippen LogP contribution in [-0.2, 0) is 11.3 Å². The molecule has 0 radical (unpaired) electrons. The van der Waals surface area contributed by atoms with Gasteiger partial charge in [0.25, 0.3) is 0 Å². The molecule has 0 spiro atoms. The highest BCUT2D eigenvalue weighted by atomic mass is 16.5. The van der Waals surface area contributed by atoms with Crippen LogP contribution in [0, 0.1) is 6.92 Å². The molecule has 0 aliphatic heterocycles. The van der Waals surface area contributed by atoms with E-state index in [1.54, 1.807) is 6.92 Å². The number of carbonyl (C=O) groups excluding carboxylic acids is 1. The van der Waals surface area contributed by atoms with Crippen LogP contribution in [0.2, 0.25) is 0 Å². The van der Waals surface area contributed by atoms with E-state index >= 15 is 0 Å². The molecule has 1 aromatic rings. The Bertz CT molecular complexity index is 310. The molecule has 6 heteroatoms. The second-order valence-corrected chi connectivity index (χ2v) is 3.18. The number of primary amides is 1. The average Bonchev–Trinajstić information content (AvgIpc) is 2.47. The van der Waals surface area contributed by atoms with Gasteiger partial charge in [-0.25, -0.2) is 0 Å². The predicted molar refractivity (Wildman–Crippen MR) is 49.1 cm³/mol. The molecule has 0 saturated carbocycles. The summed E-state index contributed by atoms with van der Waals surface area (Å²) in [6.45, 7) is 4.08. The second kappa shape index (κ2) is 4.71. The second-order valence-electron chi connectivity index (χ2n) is 3.18. The maximum absolute atomic E-state index is 10.6. The fraction of sp³-hybridized carbons (Fsp3) is 0.625. The van der Waals surface area contributed by atoms with Gasteiger partial charge < -0.3 is 15.6 Å². The van der Waals surface area contributed by atoms with Crippen LogP contribution < -0.4 is 11.1 Å². The van der Waals surface area contributed by atoms with Crippen LogP contribution in [0.25, 0.3) is 0 Å². The first-order valence-corrected chi connectivity index (χ1v) is 4.39. The summed E-state index contributed by atoms with van der Waals surface area (Å²) in [6, 6.07) is 0.0197. The van der Waals surface area contributed by atoms with Crippen molar-refractivity contribution in [3.05, 3.63) is 11.7 Å². The third-order valence-corrected chi connectivity index (χ3v) is 1.69. The van der Waals surface area contributed by atoms with Crippen LogP contribution in [0.3, 0.4) is 0 Å². The van der Waals surface area contributed by atoms with E-state index in [1.807, 2.05) is 6.92 Å². The molecule has 1 atom stereocenters. The lowest BCUT2D eigenvalue weighted by molar-refractivity contribution is -0.118. The standard InChI is InChI=1S/C8H14N4O2/c1-5(3-7(9)13)10-4-8-11-6(2)14-12-8/h5,10H,3-4H2,1-2H3,(H2,9,13). The zero-order valence-electron chi connectivity index (χ0n) is 8.28. The molecule has 1 unspecified atom stereocenters. The third-order valence-electron chi connectivity index (χ3n) is 1.69. The van der Waals surface area contributed by atoms with Crippen molar-refractivity contribution in [2.45, 2.75) is 32.9 Å². The third kappa shape index (κ3) is 3.53. The van der Waals surface area contributed by atoms with E-state index in [1.165, 1.54) is 0 Å². The number of hydrogen-bond donors (Lipinski definition) is 2. The Balaban J connectivity index is 2.30. The monoisotopic (exact) mass is 198 g/mol. The summed E-state index contributed by atoms with van der Waals surface area (Å²) in [5.74, 6) is 0.789. The molecule has 3 N–H and O–H groups in total. The normalized spacial score (nSPS) is 12.7. The highest BCUT2D eigenvalue weighted by Gasteiger charge is 2.07. The lowest BCUT2D eigenvalue weighted by Crippen LogP contribution is -2.30. The van der Waals surface area contributed by atoms with E-state index in [0.717, 1.165) is 0 Å². The lowest BCUT2D eigenvalue weighted by Gasteiger charge is -2.08. The van der Waals surface area contributed by atoms with Crippen molar-refractivity contribution < 1.29 is 9.32 Å². The van der Waals surface area contributed by atoms with Crippen molar-refractivity contribution in [2.75, 3.05) is 0 Å². The summed E-state index contributed by atoms with van der Waals surface area (Å²) in [5.41, 5.74) is 5.04. The number of amides is 1. The van der Waals surface area contributed by atoms with Crippen LogP contribution in [0.4, 0.5) is 0 Å². The van der Waals surface area contributed by atoms with Crippen LogP contribution >= 0.6 is 0 Å². The van der Waals surface area contributed by atoms with E-state index in [9.17, 15) is 4.79 Å². The minimum atomic E-state index is -0.325. The topological polar surface area (TPSA) is 94.0 Å². The van der Waals surface area contributed by atoms with Gasteiger partial charge in [0.05, 0.1) is 6.54 Å². The Kier molecular flexibility index (Phi) is 3.58. The summed E-state index contributed by atoms with van der Waals surface area (Å²) < 4.78 is 4.79. The first kappa shape index (κ1) is 10.6. The number of aryl methyl sites for hydroxylation is 1. The van der Waals surface area contributed by atoms with Crippen molar-refractivity contribution in [3.63, 3.8) is 0 Å². The molecule has 0 aliphatic carbocycles. The van der Waals surface area contributed by atoms with Crippen molar-refractivity contribution in [1.82, 2.24) is 15.5 Å². The van der Waals surface area contributed by atoms with E-state index in [-0.39, 0.29) is 11.9 Å². The molecule has 1 amide bonds. The molecule has 1 rings (SSSR count). The van der Waals surface area contributed by atoms with E-state index in [0.29, 0.717) is 24.7 Å². The number of nitrogens with one attached hydrogen (secondary N) is 1. The summed E-state index contributed by atoms with van der Waals surface area (Å²) in [4.78, 5) is 14.6. The SMILES string of the molecule is Cc1nc(CNC(C)CC(N)=O)no1. The number of nitrogens with zero attached hydrogens (tertiary/aromatic N) is 2. The molecule has 0 aromatic carbocycles. The number of rotatable bonds is 5. The molecule has 14 heavy (non-hydrogen) atoms. The van der Waals surface area contributed by atoms with Crippen molar-refractivity contribution in [1.29, 1.82) is 0 Å². The van der Waals surface area contributed by atoms with Gasteiger partial charge >= 0.3 is 0 Å². The van der Waals surface area contributed by atoms with Crippen molar-refractivity contribution in [2.24, 2.45) is 5.73 Å². The molecule has 0 bridgehead atoms. The van der Waals surface area contributed by atoms with Gasteiger partial charge in [-0.15, -0.1) is 0 Å². The molecular formula is C8H14N4O2. The molecule has 78 valence electrons. The molecule has 1 heterocycles. The maximum atomic E-state index is 10.6. The zero-order valence-corrected chi connectivity index (χ0v) is 8.28. The molecule has 0 fully saturated rings. The quantitative estimate of drug-likeness (QED) is 0.679. The van der Waals surface area contributed by atoms with Crippen molar-refractivity contribution >= 4 is 5.91 Å².